The van der Waals surface area contributed by atoms with Crippen molar-refractivity contribution in [2.75, 3.05) is 0 Å². The summed E-state index contributed by atoms with van der Waals surface area (Å²) in [4.78, 5) is 20.6. The molecule has 0 aliphatic heterocycles. The van der Waals surface area contributed by atoms with E-state index in [9.17, 15) is 4.79 Å². The highest BCUT2D eigenvalue weighted by Gasteiger charge is 2.07. The first-order valence-corrected chi connectivity index (χ1v) is 9.07. The number of hydrogen-bond donors (Lipinski definition) is 1. The topological polar surface area (TPSA) is 54.9 Å². The van der Waals surface area contributed by atoms with Crippen LogP contribution in [0.4, 0.5) is 0 Å². The Hall–Kier alpha value is -2.37. The van der Waals surface area contributed by atoms with E-state index in [1.807, 2.05) is 48.5 Å². The Kier molecular flexibility index (Phi) is 6.04. The molecule has 6 heteroatoms. The minimum Gasteiger partial charge on any atom is -0.348 e. The summed E-state index contributed by atoms with van der Waals surface area (Å²) in [6.45, 7) is 0.467. The first-order chi connectivity index (χ1) is 12.2. The number of amides is 1. The number of carbonyl (C=O) groups is 1. The fraction of sp³-hybridized carbons (Fsp3) is 0.105. The van der Waals surface area contributed by atoms with Crippen LogP contribution >= 0.6 is 23.4 Å². The monoisotopic (exact) mass is 369 g/mol. The number of nitrogens with one attached hydrogen (secondary N) is 1. The number of nitrogens with zero attached hydrogens (tertiary/aromatic N) is 2. The standard InChI is InChI=1S/C19H16ClN3OS/c20-17-6-4-14(5-7-17)11-23-19(24)16-3-1-2-15(10-16)13-25-18-12-21-8-9-22-18/h1-10,12H,11,13H2,(H,23,24). The van der Waals surface area contributed by atoms with Crippen LogP contribution in [-0.2, 0) is 12.3 Å². The molecule has 0 aliphatic carbocycles. The summed E-state index contributed by atoms with van der Waals surface area (Å²) >= 11 is 7.45. The number of thioether (sulfide) groups is 1. The van der Waals surface area contributed by atoms with Crippen LogP contribution in [-0.4, -0.2) is 15.9 Å². The van der Waals surface area contributed by atoms with Crippen molar-refractivity contribution in [3.05, 3.63) is 88.8 Å². The lowest BCUT2D eigenvalue weighted by atomic mass is 10.1. The average molecular weight is 370 g/mol. The lowest BCUT2D eigenvalue weighted by Gasteiger charge is -2.07. The first-order valence-electron chi connectivity index (χ1n) is 7.71. The summed E-state index contributed by atoms with van der Waals surface area (Å²) in [6, 6.07) is 15.0. The van der Waals surface area contributed by atoms with E-state index in [2.05, 4.69) is 15.3 Å². The van der Waals surface area contributed by atoms with E-state index in [-0.39, 0.29) is 5.91 Å². The molecule has 0 saturated heterocycles. The summed E-state index contributed by atoms with van der Waals surface area (Å²) in [5, 5.41) is 4.47. The van der Waals surface area contributed by atoms with E-state index in [0.717, 1.165) is 21.9 Å². The minimum absolute atomic E-state index is 0.0960. The second-order valence-corrected chi connectivity index (χ2v) is 6.77. The predicted octanol–water partition coefficient (Wildman–Crippen LogP) is 4.35. The Morgan fingerprint density at radius 1 is 1.08 bits per heavy atom. The van der Waals surface area contributed by atoms with Crippen LogP contribution in [0.3, 0.4) is 0 Å². The molecule has 0 fully saturated rings. The van der Waals surface area contributed by atoms with E-state index < -0.39 is 0 Å². The average Bonchev–Trinajstić information content (AvgIpc) is 2.67. The highest BCUT2D eigenvalue weighted by atomic mass is 35.5. The number of benzene rings is 2. The molecule has 1 heterocycles. The highest BCUT2D eigenvalue weighted by molar-refractivity contribution is 7.98. The van der Waals surface area contributed by atoms with E-state index in [1.54, 1.807) is 30.4 Å². The Morgan fingerprint density at radius 3 is 2.68 bits per heavy atom. The third-order valence-corrected chi connectivity index (χ3v) is 4.72. The zero-order valence-electron chi connectivity index (χ0n) is 13.4. The molecule has 1 amide bonds. The van der Waals surface area contributed by atoms with Gasteiger partial charge in [0.1, 0.15) is 5.03 Å². The molecule has 4 nitrogen and oxygen atoms in total. The van der Waals surface area contributed by atoms with Gasteiger partial charge in [-0.2, -0.15) is 0 Å². The molecule has 0 atom stereocenters. The van der Waals surface area contributed by atoms with Crippen LogP contribution in [0.15, 0.2) is 72.1 Å². The van der Waals surface area contributed by atoms with Crippen molar-refractivity contribution in [1.29, 1.82) is 0 Å². The second-order valence-electron chi connectivity index (χ2n) is 5.34. The van der Waals surface area contributed by atoms with Crippen molar-refractivity contribution >= 4 is 29.3 Å². The minimum atomic E-state index is -0.0960. The molecule has 0 saturated carbocycles. The summed E-state index contributed by atoms with van der Waals surface area (Å²) < 4.78 is 0. The fourth-order valence-corrected chi connectivity index (χ4v) is 3.10. The molecule has 2 aromatic carbocycles. The van der Waals surface area contributed by atoms with Gasteiger partial charge < -0.3 is 5.32 Å². The molecule has 25 heavy (non-hydrogen) atoms. The SMILES string of the molecule is O=C(NCc1ccc(Cl)cc1)c1cccc(CSc2cnccn2)c1. The zero-order chi connectivity index (χ0) is 17.5. The third kappa shape index (κ3) is 5.31. The van der Waals surface area contributed by atoms with Gasteiger partial charge in [0, 0.05) is 35.3 Å². The Bertz CT molecular complexity index is 841. The van der Waals surface area contributed by atoms with Gasteiger partial charge in [0.2, 0.25) is 0 Å². The normalized spacial score (nSPS) is 10.4. The van der Waals surface area contributed by atoms with Crippen molar-refractivity contribution in [3.63, 3.8) is 0 Å². The van der Waals surface area contributed by atoms with Gasteiger partial charge in [-0.25, -0.2) is 4.98 Å². The van der Waals surface area contributed by atoms with Gasteiger partial charge in [-0.1, -0.05) is 35.9 Å². The van der Waals surface area contributed by atoms with E-state index in [1.165, 1.54) is 0 Å². The molecule has 3 aromatic rings. The molecule has 126 valence electrons. The molecule has 1 aromatic heterocycles. The number of hydrogen-bond acceptors (Lipinski definition) is 4. The summed E-state index contributed by atoms with van der Waals surface area (Å²) in [5.41, 5.74) is 2.72. The van der Waals surface area contributed by atoms with Crippen LogP contribution in [0.5, 0.6) is 0 Å². The number of rotatable bonds is 6. The number of carbonyl (C=O) groups excluding carboxylic acids is 1. The van der Waals surface area contributed by atoms with Gasteiger partial charge >= 0.3 is 0 Å². The largest absolute Gasteiger partial charge is 0.348 e. The smallest absolute Gasteiger partial charge is 0.251 e. The maximum absolute atomic E-state index is 12.3. The van der Waals surface area contributed by atoms with Crippen LogP contribution < -0.4 is 5.32 Å². The van der Waals surface area contributed by atoms with Gasteiger partial charge in [-0.3, -0.25) is 9.78 Å². The maximum atomic E-state index is 12.3. The van der Waals surface area contributed by atoms with Crippen LogP contribution in [0.2, 0.25) is 5.02 Å². The number of halogens is 1. The lowest BCUT2D eigenvalue weighted by molar-refractivity contribution is 0.0951. The third-order valence-electron chi connectivity index (χ3n) is 3.48. The van der Waals surface area contributed by atoms with Crippen LogP contribution in [0.1, 0.15) is 21.5 Å². The molecule has 3 rings (SSSR count). The van der Waals surface area contributed by atoms with Gasteiger partial charge in [0.05, 0.1) is 6.20 Å². The molecule has 0 unspecified atom stereocenters. The zero-order valence-corrected chi connectivity index (χ0v) is 14.9. The summed E-state index contributed by atoms with van der Waals surface area (Å²) in [5.74, 6) is 0.637. The van der Waals surface area contributed by atoms with Gasteiger partial charge in [0.15, 0.2) is 0 Å². The lowest BCUT2D eigenvalue weighted by Crippen LogP contribution is -2.22. The summed E-state index contributed by atoms with van der Waals surface area (Å²) in [7, 11) is 0. The van der Waals surface area contributed by atoms with Crippen molar-refractivity contribution in [1.82, 2.24) is 15.3 Å². The van der Waals surface area contributed by atoms with Crippen molar-refractivity contribution in [2.45, 2.75) is 17.3 Å². The van der Waals surface area contributed by atoms with Gasteiger partial charge in [0.25, 0.3) is 5.91 Å². The summed E-state index contributed by atoms with van der Waals surface area (Å²) in [6.07, 6.45) is 5.05. The molecule has 0 spiro atoms. The van der Waals surface area contributed by atoms with Crippen molar-refractivity contribution in [2.24, 2.45) is 0 Å². The van der Waals surface area contributed by atoms with Gasteiger partial charge in [-0.15, -0.1) is 11.8 Å². The van der Waals surface area contributed by atoms with Crippen molar-refractivity contribution < 1.29 is 4.79 Å². The first kappa shape index (κ1) is 17.5. The molecule has 0 bridgehead atoms. The van der Waals surface area contributed by atoms with E-state index >= 15 is 0 Å². The molecule has 0 radical (unpaired) electrons. The second kappa shape index (κ2) is 8.65. The molecular formula is C19H16ClN3OS. The van der Waals surface area contributed by atoms with E-state index in [0.29, 0.717) is 17.1 Å². The van der Waals surface area contributed by atoms with Crippen molar-refractivity contribution in [3.8, 4) is 0 Å². The van der Waals surface area contributed by atoms with Crippen LogP contribution in [0, 0.1) is 0 Å². The Labute approximate surface area is 155 Å². The predicted molar refractivity (Wildman–Crippen MR) is 101 cm³/mol. The fourth-order valence-electron chi connectivity index (χ4n) is 2.21. The molecule has 1 N–H and O–H groups in total. The Balaban J connectivity index is 1.58. The molecular weight excluding hydrogens is 354 g/mol. The highest BCUT2D eigenvalue weighted by Crippen LogP contribution is 2.20. The Morgan fingerprint density at radius 2 is 1.92 bits per heavy atom. The quantitative estimate of drug-likeness (QED) is 0.656. The molecule has 0 aliphatic rings. The van der Waals surface area contributed by atoms with Crippen LogP contribution in [0.25, 0.3) is 0 Å². The van der Waals surface area contributed by atoms with E-state index in [4.69, 9.17) is 11.6 Å². The number of aromatic nitrogens is 2. The maximum Gasteiger partial charge on any atom is 0.251 e. The van der Waals surface area contributed by atoms with Gasteiger partial charge in [-0.05, 0) is 35.4 Å².